The Bertz CT molecular complexity index is 811. The van der Waals surface area contributed by atoms with Crippen LogP contribution in [0.5, 0.6) is 0 Å². The second-order valence-electron chi connectivity index (χ2n) is 6.70. The van der Waals surface area contributed by atoms with Crippen LogP contribution in [0.3, 0.4) is 0 Å². The Balaban J connectivity index is 1.61. The molecule has 1 aliphatic rings. The van der Waals surface area contributed by atoms with Gasteiger partial charge in [-0.05, 0) is 24.1 Å². The fourth-order valence-corrected chi connectivity index (χ4v) is 3.22. The zero-order valence-corrected chi connectivity index (χ0v) is 15.2. The number of hydrogen-bond acceptors (Lipinski definition) is 2. The molecular weight excluding hydrogens is 374 g/mol. The molecule has 0 bridgehead atoms. The van der Waals surface area contributed by atoms with Crippen molar-refractivity contribution in [2.24, 2.45) is 0 Å². The summed E-state index contributed by atoms with van der Waals surface area (Å²) in [5.41, 5.74) is -0.688. The summed E-state index contributed by atoms with van der Waals surface area (Å²) >= 11 is 0. The number of amides is 2. The number of nitrogens with one attached hydrogen (secondary N) is 1. The van der Waals surface area contributed by atoms with Crippen molar-refractivity contribution in [3.63, 3.8) is 0 Å². The minimum atomic E-state index is -4.81. The fraction of sp³-hybridized carbons (Fsp3) is 0.350. The lowest BCUT2D eigenvalue weighted by molar-refractivity contribution is -0.139. The number of alkyl halides is 3. The third-order valence-electron chi connectivity index (χ3n) is 4.67. The lowest BCUT2D eigenvalue weighted by Crippen LogP contribution is -2.38. The molecule has 4 nitrogen and oxygen atoms in total. The van der Waals surface area contributed by atoms with Crippen LogP contribution in [0.15, 0.2) is 48.5 Å². The van der Waals surface area contributed by atoms with E-state index in [4.69, 9.17) is 0 Å². The minimum absolute atomic E-state index is 0.416. The van der Waals surface area contributed by atoms with E-state index in [9.17, 15) is 22.4 Å². The quantitative estimate of drug-likeness (QED) is 0.772. The molecular formula is C20H21F4N3O. The van der Waals surface area contributed by atoms with Crippen LogP contribution in [-0.2, 0) is 12.7 Å². The van der Waals surface area contributed by atoms with Gasteiger partial charge in [0.2, 0.25) is 0 Å². The summed E-state index contributed by atoms with van der Waals surface area (Å²) in [5.74, 6) is -1.47. The average molecular weight is 395 g/mol. The molecule has 2 aromatic carbocycles. The SMILES string of the molecule is O=C(Nc1cccc(C(F)(F)F)c1F)N1CCCN(Cc2ccccc2)CC1. The highest BCUT2D eigenvalue weighted by Crippen LogP contribution is 2.33. The molecule has 3 rings (SSSR count). The second kappa shape index (κ2) is 8.60. The summed E-state index contributed by atoms with van der Waals surface area (Å²) in [5, 5.41) is 2.28. The predicted octanol–water partition coefficient (Wildman–Crippen LogP) is 4.58. The molecule has 0 unspecified atom stereocenters. The maximum Gasteiger partial charge on any atom is 0.419 e. The fourth-order valence-electron chi connectivity index (χ4n) is 3.22. The Morgan fingerprint density at radius 1 is 0.964 bits per heavy atom. The summed E-state index contributed by atoms with van der Waals surface area (Å²) in [7, 11) is 0. The molecule has 2 aromatic rings. The van der Waals surface area contributed by atoms with Crippen LogP contribution in [-0.4, -0.2) is 42.0 Å². The number of nitrogens with zero attached hydrogens (tertiary/aromatic N) is 2. The van der Waals surface area contributed by atoms with Gasteiger partial charge in [0.15, 0.2) is 5.82 Å². The molecule has 2 amide bonds. The van der Waals surface area contributed by atoms with Crippen LogP contribution in [0, 0.1) is 5.82 Å². The Kier molecular flexibility index (Phi) is 6.18. The van der Waals surface area contributed by atoms with Crippen molar-refractivity contribution in [3.05, 3.63) is 65.5 Å². The van der Waals surface area contributed by atoms with Gasteiger partial charge >= 0.3 is 12.2 Å². The molecule has 0 aliphatic carbocycles. The van der Waals surface area contributed by atoms with Gasteiger partial charge in [0.05, 0.1) is 11.3 Å². The van der Waals surface area contributed by atoms with E-state index >= 15 is 0 Å². The van der Waals surface area contributed by atoms with Gasteiger partial charge in [0.1, 0.15) is 0 Å². The molecule has 150 valence electrons. The maximum atomic E-state index is 14.1. The maximum absolute atomic E-state index is 14.1. The highest BCUT2D eigenvalue weighted by atomic mass is 19.4. The number of rotatable bonds is 3. The first-order chi connectivity index (χ1) is 13.3. The van der Waals surface area contributed by atoms with Gasteiger partial charge in [0.25, 0.3) is 0 Å². The minimum Gasteiger partial charge on any atom is -0.323 e. The number of carbonyl (C=O) groups is 1. The summed E-state index contributed by atoms with van der Waals surface area (Å²) < 4.78 is 52.6. The number of urea groups is 1. The molecule has 1 saturated heterocycles. The van der Waals surface area contributed by atoms with Crippen molar-refractivity contribution in [3.8, 4) is 0 Å². The molecule has 0 atom stereocenters. The number of carbonyl (C=O) groups excluding carboxylic acids is 1. The highest BCUT2D eigenvalue weighted by molar-refractivity contribution is 5.89. The van der Waals surface area contributed by atoms with Gasteiger partial charge in [-0.25, -0.2) is 9.18 Å². The van der Waals surface area contributed by atoms with Crippen molar-refractivity contribution in [2.75, 3.05) is 31.5 Å². The van der Waals surface area contributed by atoms with Gasteiger partial charge in [0, 0.05) is 32.7 Å². The molecule has 0 spiro atoms. The van der Waals surface area contributed by atoms with E-state index in [1.165, 1.54) is 10.5 Å². The lowest BCUT2D eigenvalue weighted by Gasteiger charge is -2.23. The van der Waals surface area contributed by atoms with Crippen molar-refractivity contribution >= 4 is 11.7 Å². The van der Waals surface area contributed by atoms with Crippen LogP contribution in [0.1, 0.15) is 17.5 Å². The van der Waals surface area contributed by atoms with E-state index in [1.807, 2.05) is 30.3 Å². The first-order valence-corrected chi connectivity index (χ1v) is 9.02. The third kappa shape index (κ3) is 5.01. The smallest absolute Gasteiger partial charge is 0.323 e. The van der Waals surface area contributed by atoms with E-state index in [1.54, 1.807) is 0 Å². The molecule has 0 radical (unpaired) electrons. The molecule has 1 heterocycles. The third-order valence-corrected chi connectivity index (χ3v) is 4.67. The van der Waals surface area contributed by atoms with Gasteiger partial charge < -0.3 is 10.2 Å². The summed E-state index contributed by atoms with van der Waals surface area (Å²) in [4.78, 5) is 16.2. The molecule has 0 aromatic heterocycles. The Morgan fingerprint density at radius 3 is 2.43 bits per heavy atom. The number of benzene rings is 2. The first-order valence-electron chi connectivity index (χ1n) is 9.02. The van der Waals surface area contributed by atoms with Gasteiger partial charge in [-0.15, -0.1) is 0 Å². The lowest BCUT2D eigenvalue weighted by atomic mass is 10.2. The van der Waals surface area contributed by atoms with E-state index < -0.39 is 29.3 Å². The Hall–Kier alpha value is -2.61. The second-order valence-corrected chi connectivity index (χ2v) is 6.70. The Morgan fingerprint density at radius 2 is 1.71 bits per heavy atom. The van der Waals surface area contributed by atoms with E-state index in [2.05, 4.69) is 10.2 Å². The van der Waals surface area contributed by atoms with Crippen molar-refractivity contribution in [2.45, 2.75) is 19.1 Å². The van der Waals surface area contributed by atoms with E-state index in [0.717, 1.165) is 31.6 Å². The zero-order valence-electron chi connectivity index (χ0n) is 15.2. The van der Waals surface area contributed by atoms with Crippen molar-refractivity contribution in [1.82, 2.24) is 9.80 Å². The summed E-state index contributed by atoms with van der Waals surface area (Å²) in [6.45, 7) is 3.07. The molecule has 8 heteroatoms. The molecule has 1 N–H and O–H groups in total. The Labute approximate surface area is 160 Å². The van der Waals surface area contributed by atoms with E-state index in [-0.39, 0.29) is 0 Å². The predicted molar refractivity (Wildman–Crippen MR) is 98.3 cm³/mol. The van der Waals surface area contributed by atoms with E-state index in [0.29, 0.717) is 25.7 Å². The monoisotopic (exact) mass is 395 g/mol. The van der Waals surface area contributed by atoms with Crippen LogP contribution in [0.2, 0.25) is 0 Å². The van der Waals surface area contributed by atoms with Crippen LogP contribution in [0.25, 0.3) is 0 Å². The number of anilines is 1. The number of halogens is 4. The summed E-state index contributed by atoms with van der Waals surface area (Å²) in [6, 6.07) is 12.2. The number of hydrogen-bond donors (Lipinski definition) is 1. The van der Waals surface area contributed by atoms with Gasteiger partial charge in [-0.2, -0.15) is 13.2 Å². The summed E-state index contributed by atoms with van der Waals surface area (Å²) in [6.07, 6.45) is -4.09. The van der Waals surface area contributed by atoms with Crippen LogP contribution < -0.4 is 5.32 Å². The molecule has 1 fully saturated rings. The van der Waals surface area contributed by atoms with Crippen LogP contribution >= 0.6 is 0 Å². The highest BCUT2D eigenvalue weighted by Gasteiger charge is 2.35. The zero-order chi connectivity index (χ0) is 20.1. The average Bonchev–Trinajstić information content (AvgIpc) is 2.89. The van der Waals surface area contributed by atoms with Gasteiger partial charge in [-0.3, -0.25) is 4.90 Å². The normalized spacial score (nSPS) is 15.9. The first kappa shape index (κ1) is 20.1. The largest absolute Gasteiger partial charge is 0.419 e. The van der Waals surface area contributed by atoms with Crippen molar-refractivity contribution < 1.29 is 22.4 Å². The van der Waals surface area contributed by atoms with Crippen LogP contribution in [0.4, 0.5) is 28.0 Å². The molecule has 28 heavy (non-hydrogen) atoms. The topological polar surface area (TPSA) is 35.6 Å². The van der Waals surface area contributed by atoms with Gasteiger partial charge in [-0.1, -0.05) is 36.4 Å². The molecule has 1 aliphatic heterocycles. The van der Waals surface area contributed by atoms with Crippen molar-refractivity contribution in [1.29, 1.82) is 0 Å². The standard InChI is InChI=1S/C20H21F4N3O/c21-18-16(20(22,23)24)8-4-9-17(18)25-19(28)27-11-5-10-26(12-13-27)14-15-6-2-1-3-7-15/h1-4,6-9H,5,10-14H2,(H,25,28). The molecule has 0 saturated carbocycles.